The first kappa shape index (κ1) is 16.4. The van der Waals surface area contributed by atoms with Crippen LogP contribution in [0.15, 0.2) is 0 Å². The third kappa shape index (κ3) is 5.14. The minimum atomic E-state index is -1.37. The van der Waals surface area contributed by atoms with E-state index in [1.165, 1.54) is 20.8 Å². The van der Waals surface area contributed by atoms with Crippen LogP contribution in [0.2, 0.25) is 0 Å². The van der Waals surface area contributed by atoms with Crippen LogP contribution in [0.25, 0.3) is 0 Å². The molecular formula is C12H18O8. The number of rotatable bonds is 4. The van der Waals surface area contributed by atoms with E-state index in [0.29, 0.717) is 0 Å². The van der Waals surface area contributed by atoms with Crippen molar-refractivity contribution in [3.05, 3.63) is 0 Å². The molecule has 0 saturated carbocycles. The Morgan fingerprint density at radius 1 is 1.05 bits per heavy atom. The van der Waals surface area contributed by atoms with Crippen LogP contribution in [0.3, 0.4) is 0 Å². The van der Waals surface area contributed by atoms with Gasteiger partial charge in [0.2, 0.25) is 0 Å². The number of hydrogen-bond donors (Lipinski definition) is 1. The lowest BCUT2D eigenvalue weighted by atomic mass is 10.0. The zero-order valence-corrected chi connectivity index (χ0v) is 11.5. The van der Waals surface area contributed by atoms with Gasteiger partial charge in [0.1, 0.15) is 18.8 Å². The third-order valence-electron chi connectivity index (χ3n) is 2.60. The van der Waals surface area contributed by atoms with Crippen molar-refractivity contribution in [2.24, 2.45) is 0 Å². The summed E-state index contributed by atoms with van der Waals surface area (Å²) in [4.78, 5) is 32.8. The molecule has 0 radical (unpaired) electrons. The molecule has 114 valence electrons. The van der Waals surface area contributed by atoms with E-state index in [9.17, 15) is 19.5 Å². The van der Waals surface area contributed by atoms with E-state index < -0.39 is 42.5 Å². The van der Waals surface area contributed by atoms with Gasteiger partial charge in [0.25, 0.3) is 0 Å². The molecule has 4 atom stereocenters. The van der Waals surface area contributed by atoms with E-state index in [4.69, 9.17) is 18.9 Å². The summed E-state index contributed by atoms with van der Waals surface area (Å²) in [5.41, 5.74) is 0. The first-order valence-electron chi connectivity index (χ1n) is 6.11. The van der Waals surface area contributed by atoms with Gasteiger partial charge >= 0.3 is 17.9 Å². The number of aliphatic hydroxyl groups is 1. The first-order chi connectivity index (χ1) is 9.29. The highest BCUT2D eigenvalue weighted by molar-refractivity contribution is 5.67. The molecule has 1 N–H and O–H groups in total. The average molecular weight is 290 g/mol. The van der Waals surface area contributed by atoms with E-state index in [2.05, 4.69) is 0 Å². The number of ether oxygens (including phenoxy) is 4. The van der Waals surface area contributed by atoms with Crippen molar-refractivity contribution >= 4 is 17.9 Å². The minimum Gasteiger partial charge on any atom is -0.463 e. The molecule has 1 heterocycles. The molecule has 0 aliphatic carbocycles. The molecule has 8 heteroatoms. The van der Waals surface area contributed by atoms with Gasteiger partial charge in [-0.25, -0.2) is 0 Å². The number of carbonyl (C=O) groups is 3. The second-order valence-corrected chi connectivity index (χ2v) is 4.40. The summed E-state index contributed by atoms with van der Waals surface area (Å²) in [6.45, 7) is 3.46. The van der Waals surface area contributed by atoms with Crippen molar-refractivity contribution in [3.63, 3.8) is 0 Å². The summed E-state index contributed by atoms with van der Waals surface area (Å²) in [7, 11) is 0. The lowest BCUT2D eigenvalue weighted by Crippen LogP contribution is -2.51. The molecule has 1 rings (SSSR count). The molecular weight excluding hydrogens is 272 g/mol. The average Bonchev–Trinajstić information content (AvgIpc) is 2.29. The fourth-order valence-electron chi connectivity index (χ4n) is 1.85. The number of carbonyl (C=O) groups excluding carboxylic acids is 3. The zero-order chi connectivity index (χ0) is 15.3. The Bertz CT molecular complexity index is 380. The van der Waals surface area contributed by atoms with Crippen molar-refractivity contribution in [2.75, 3.05) is 6.61 Å². The predicted molar refractivity (Wildman–Crippen MR) is 63.2 cm³/mol. The molecule has 20 heavy (non-hydrogen) atoms. The van der Waals surface area contributed by atoms with Gasteiger partial charge in [0.05, 0.1) is 0 Å². The van der Waals surface area contributed by atoms with E-state index in [0.717, 1.165) is 0 Å². The Morgan fingerprint density at radius 3 is 2.10 bits per heavy atom. The second-order valence-electron chi connectivity index (χ2n) is 4.40. The maximum atomic E-state index is 11.1. The van der Waals surface area contributed by atoms with Crippen molar-refractivity contribution in [1.29, 1.82) is 0 Å². The topological polar surface area (TPSA) is 108 Å². The molecule has 1 fully saturated rings. The number of hydrogen-bond acceptors (Lipinski definition) is 8. The van der Waals surface area contributed by atoms with Crippen LogP contribution in [0.4, 0.5) is 0 Å². The fourth-order valence-corrected chi connectivity index (χ4v) is 1.85. The van der Waals surface area contributed by atoms with Crippen LogP contribution in [-0.4, -0.2) is 54.2 Å². The van der Waals surface area contributed by atoms with Crippen LogP contribution in [0.5, 0.6) is 0 Å². The van der Waals surface area contributed by atoms with Gasteiger partial charge in [-0.05, 0) is 0 Å². The van der Waals surface area contributed by atoms with Gasteiger partial charge in [0, 0.05) is 27.2 Å². The molecule has 1 saturated heterocycles. The van der Waals surface area contributed by atoms with Crippen LogP contribution >= 0.6 is 0 Å². The molecule has 0 aromatic heterocycles. The molecule has 3 unspecified atom stereocenters. The highest BCUT2D eigenvalue weighted by Gasteiger charge is 2.41. The summed E-state index contributed by atoms with van der Waals surface area (Å²) in [6.07, 6.45) is -3.84. The molecule has 0 spiro atoms. The molecule has 0 aromatic rings. The van der Waals surface area contributed by atoms with E-state index in [-0.39, 0.29) is 13.0 Å². The standard InChI is InChI=1S/C12H18O8/c1-6(13)17-5-11-9(18-7(2)14)4-10(12(16)20-11)19-8(3)15/h9-12,16H,4-5H2,1-3H3/t9?,10-,11?,12?/m0/s1. The van der Waals surface area contributed by atoms with Crippen molar-refractivity contribution in [2.45, 2.75) is 51.8 Å². The molecule has 0 bridgehead atoms. The molecule has 1 aliphatic heterocycles. The maximum absolute atomic E-state index is 11.1. The molecule has 8 nitrogen and oxygen atoms in total. The van der Waals surface area contributed by atoms with Crippen molar-refractivity contribution < 1.29 is 38.4 Å². The SMILES string of the molecule is CC(=O)OCC1OC(O)[C@@H](OC(C)=O)CC1OC(C)=O. The third-order valence-corrected chi connectivity index (χ3v) is 2.60. The minimum absolute atomic E-state index is 0.0618. The highest BCUT2D eigenvalue weighted by Crippen LogP contribution is 2.24. The van der Waals surface area contributed by atoms with E-state index in [1.54, 1.807) is 0 Å². The number of esters is 3. The fraction of sp³-hybridized carbons (Fsp3) is 0.750. The summed E-state index contributed by atoms with van der Waals surface area (Å²) < 4.78 is 19.9. The van der Waals surface area contributed by atoms with Crippen LogP contribution in [-0.2, 0) is 33.3 Å². The largest absolute Gasteiger partial charge is 0.463 e. The van der Waals surface area contributed by atoms with Gasteiger partial charge in [-0.3, -0.25) is 14.4 Å². The van der Waals surface area contributed by atoms with Crippen LogP contribution in [0.1, 0.15) is 27.2 Å². The highest BCUT2D eigenvalue weighted by atomic mass is 16.7. The normalized spacial score (nSPS) is 29.4. The lowest BCUT2D eigenvalue weighted by molar-refractivity contribution is -0.262. The lowest BCUT2D eigenvalue weighted by Gasteiger charge is -2.37. The van der Waals surface area contributed by atoms with Crippen LogP contribution < -0.4 is 0 Å². The second kappa shape index (κ2) is 7.20. The predicted octanol–water partition coefficient (Wildman–Crippen LogP) is -0.480. The van der Waals surface area contributed by atoms with Gasteiger partial charge < -0.3 is 24.1 Å². The molecule has 1 aliphatic rings. The van der Waals surface area contributed by atoms with Gasteiger partial charge in [-0.1, -0.05) is 0 Å². The van der Waals surface area contributed by atoms with Gasteiger partial charge in [-0.15, -0.1) is 0 Å². The van der Waals surface area contributed by atoms with E-state index >= 15 is 0 Å². The van der Waals surface area contributed by atoms with Gasteiger partial charge in [0.15, 0.2) is 12.4 Å². The number of aliphatic hydroxyl groups excluding tert-OH is 1. The maximum Gasteiger partial charge on any atom is 0.303 e. The Balaban J connectivity index is 2.70. The summed E-state index contributed by atoms with van der Waals surface area (Å²) in [6, 6.07) is 0. The molecule has 0 amide bonds. The summed E-state index contributed by atoms with van der Waals surface area (Å²) >= 11 is 0. The van der Waals surface area contributed by atoms with Gasteiger partial charge in [-0.2, -0.15) is 0 Å². The smallest absolute Gasteiger partial charge is 0.303 e. The quantitative estimate of drug-likeness (QED) is 0.546. The Morgan fingerprint density at radius 2 is 1.60 bits per heavy atom. The zero-order valence-electron chi connectivity index (χ0n) is 11.5. The Hall–Kier alpha value is -1.67. The molecule has 0 aromatic carbocycles. The van der Waals surface area contributed by atoms with Crippen molar-refractivity contribution in [1.82, 2.24) is 0 Å². The Labute approximate surface area is 115 Å². The van der Waals surface area contributed by atoms with E-state index in [1.807, 2.05) is 0 Å². The van der Waals surface area contributed by atoms with Crippen molar-refractivity contribution in [3.8, 4) is 0 Å². The summed E-state index contributed by atoms with van der Waals surface area (Å²) in [5, 5.41) is 9.72. The Kier molecular flexibility index (Phi) is 5.90. The summed E-state index contributed by atoms with van der Waals surface area (Å²) in [5.74, 6) is -1.66. The monoisotopic (exact) mass is 290 g/mol. The first-order valence-corrected chi connectivity index (χ1v) is 6.11. The van der Waals surface area contributed by atoms with Crippen LogP contribution in [0, 0.1) is 0 Å².